The molecule has 0 radical (unpaired) electrons. The molecule has 132 valence electrons. The number of ether oxygens (including phenoxy) is 2. The molecular formula is C18H22N3O3S+. The van der Waals surface area contributed by atoms with Crippen molar-refractivity contribution in [2.45, 2.75) is 23.6 Å². The van der Waals surface area contributed by atoms with Gasteiger partial charge in [-0.15, -0.1) is 0 Å². The molecule has 0 saturated heterocycles. The van der Waals surface area contributed by atoms with Gasteiger partial charge in [0.15, 0.2) is 0 Å². The third-order valence-corrected chi connectivity index (χ3v) is 4.36. The molecule has 0 amide bonds. The van der Waals surface area contributed by atoms with Gasteiger partial charge in [-0.3, -0.25) is 0 Å². The molecule has 0 heterocycles. The van der Waals surface area contributed by atoms with Crippen LogP contribution in [0.2, 0.25) is 0 Å². The molecule has 0 unspecified atom stereocenters. The zero-order valence-electron chi connectivity index (χ0n) is 14.8. The second-order valence-electron chi connectivity index (χ2n) is 4.93. The summed E-state index contributed by atoms with van der Waals surface area (Å²) < 4.78 is 10.6. The third-order valence-electron chi connectivity index (χ3n) is 3.31. The van der Waals surface area contributed by atoms with Gasteiger partial charge in [-0.2, -0.15) is 0 Å². The first-order chi connectivity index (χ1) is 12.1. The number of rotatable bonds is 6. The van der Waals surface area contributed by atoms with Crippen molar-refractivity contribution in [2.24, 2.45) is 0 Å². The van der Waals surface area contributed by atoms with Crippen LogP contribution in [0.25, 0.3) is 0 Å². The van der Waals surface area contributed by atoms with Crippen LogP contribution in [0.15, 0.2) is 46.2 Å². The van der Waals surface area contributed by atoms with Gasteiger partial charge in [-0.25, -0.2) is 4.79 Å². The van der Waals surface area contributed by atoms with Gasteiger partial charge >= 0.3 is 5.97 Å². The number of hydrogen-bond donors (Lipinski definition) is 2. The van der Waals surface area contributed by atoms with Crippen molar-refractivity contribution in [3.05, 3.63) is 47.5 Å². The summed E-state index contributed by atoms with van der Waals surface area (Å²) in [7, 11) is 3.39. The molecule has 2 aromatic rings. The number of nitrogens with zero attached hydrogens (tertiary/aromatic N) is 1. The number of nitrogens with one attached hydrogen (secondary N) is 2. The Labute approximate surface area is 151 Å². The number of diazo groups is 1. The molecule has 0 aliphatic heterocycles. The van der Waals surface area contributed by atoms with Crippen LogP contribution in [0.1, 0.15) is 22.8 Å². The minimum Gasteiger partial charge on any atom is -0.497 e. The van der Waals surface area contributed by atoms with Crippen molar-refractivity contribution in [2.75, 3.05) is 26.1 Å². The Morgan fingerprint density at radius 2 is 1.88 bits per heavy atom. The summed E-state index contributed by atoms with van der Waals surface area (Å²) in [5, 5.41) is 14.1. The Balaban J connectivity index is 0.00000151. The van der Waals surface area contributed by atoms with E-state index in [2.05, 4.69) is 5.32 Å². The average molecular weight is 360 g/mol. The van der Waals surface area contributed by atoms with E-state index in [4.69, 9.17) is 20.3 Å². The highest BCUT2D eigenvalue weighted by Crippen LogP contribution is 2.37. The van der Waals surface area contributed by atoms with Gasteiger partial charge in [-0.05, 0) is 32.0 Å². The normalized spacial score (nSPS) is 9.52. The number of anilines is 1. The van der Waals surface area contributed by atoms with Crippen molar-refractivity contribution < 1.29 is 19.7 Å². The Morgan fingerprint density at radius 1 is 1.24 bits per heavy atom. The first kappa shape index (κ1) is 20.3. The summed E-state index contributed by atoms with van der Waals surface area (Å²) in [6.07, 6.45) is 0. The van der Waals surface area contributed by atoms with Crippen LogP contribution in [-0.4, -0.2) is 26.7 Å². The molecule has 25 heavy (non-hydrogen) atoms. The van der Waals surface area contributed by atoms with Gasteiger partial charge in [-0.1, -0.05) is 29.5 Å². The molecule has 0 fully saturated rings. The van der Waals surface area contributed by atoms with E-state index in [1.54, 1.807) is 27.1 Å². The lowest BCUT2D eigenvalue weighted by Crippen LogP contribution is -2.11. The van der Waals surface area contributed by atoms with Crippen LogP contribution >= 0.6 is 11.8 Å². The van der Waals surface area contributed by atoms with Crippen molar-refractivity contribution in [3.8, 4) is 5.75 Å². The van der Waals surface area contributed by atoms with E-state index in [-0.39, 0.29) is 5.97 Å². The highest BCUT2D eigenvalue weighted by molar-refractivity contribution is 7.99. The summed E-state index contributed by atoms with van der Waals surface area (Å²) in [6.45, 7) is 4.18. The van der Waals surface area contributed by atoms with E-state index in [1.807, 2.05) is 37.3 Å². The number of hydrogen-bond acceptors (Lipinski definition) is 6. The van der Waals surface area contributed by atoms with Crippen molar-refractivity contribution in [1.82, 2.24) is 0 Å². The van der Waals surface area contributed by atoms with Gasteiger partial charge in [0, 0.05) is 22.9 Å². The number of esters is 1. The Morgan fingerprint density at radius 3 is 2.40 bits per heavy atom. The molecule has 0 bridgehead atoms. The largest absolute Gasteiger partial charge is 0.497 e. The van der Waals surface area contributed by atoms with Gasteiger partial charge in [0.05, 0.1) is 30.4 Å². The second kappa shape index (κ2) is 10.2. The minimum atomic E-state index is -0.339. The van der Waals surface area contributed by atoms with Crippen molar-refractivity contribution >= 4 is 23.4 Å². The maximum atomic E-state index is 12.4. The van der Waals surface area contributed by atoms with E-state index in [0.717, 1.165) is 9.79 Å². The molecule has 7 heteroatoms. The van der Waals surface area contributed by atoms with Gasteiger partial charge < -0.3 is 14.8 Å². The van der Waals surface area contributed by atoms with Crippen molar-refractivity contribution in [3.63, 3.8) is 0 Å². The Kier molecular flexibility index (Phi) is 8.30. The van der Waals surface area contributed by atoms with Gasteiger partial charge in [0.1, 0.15) is 5.75 Å². The third kappa shape index (κ3) is 5.40. The molecule has 0 saturated carbocycles. The SMILES string of the molecule is CCOC(=O)c1c(NC)cc(OC)cc1Sc1ccc(C)cc1.N#[NH+]. The molecule has 0 atom stereocenters. The lowest BCUT2D eigenvalue weighted by Gasteiger charge is -2.15. The summed E-state index contributed by atoms with van der Waals surface area (Å²) in [5.74, 6) is 0.353. The highest BCUT2D eigenvalue weighted by atomic mass is 32.2. The van der Waals surface area contributed by atoms with Crippen LogP contribution in [-0.2, 0) is 4.74 Å². The number of methoxy groups -OCH3 is 1. The monoisotopic (exact) mass is 360 g/mol. The maximum Gasteiger partial charge on any atom is 0.341 e. The fraction of sp³-hybridized carbons (Fsp3) is 0.278. The standard InChI is InChI=1S/C18H21NO3S.N2/c1-5-22-18(20)17-15(19-3)10-13(21-4)11-16(17)23-14-8-6-12(2)7-9-14;1-2/h6-11,19H,5H2,1-4H3;/p+1. The lowest BCUT2D eigenvalue weighted by molar-refractivity contribution is -0.175. The smallest absolute Gasteiger partial charge is 0.341 e. The van der Waals surface area contributed by atoms with E-state index < -0.39 is 0 Å². The summed E-state index contributed by atoms with van der Waals surface area (Å²) >= 11 is 1.52. The summed E-state index contributed by atoms with van der Waals surface area (Å²) in [5.41, 5.74) is 2.42. The average Bonchev–Trinajstić information content (AvgIpc) is 2.64. The van der Waals surface area contributed by atoms with Crippen LogP contribution in [0, 0.1) is 12.3 Å². The topological polar surface area (TPSA) is 95.1 Å². The van der Waals surface area contributed by atoms with E-state index in [1.165, 1.54) is 17.3 Å². The first-order valence-corrected chi connectivity index (χ1v) is 8.44. The molecule has 2 N–H and O–H groups in total. The van der Waals surface area contributed by atoms with E-state index in [0.29, 0.717) is 23.6 Å². The molecule has 0 spiro atoms. The van der Waals surface area contributed by atoms with Crippen LogP contribution in [0.4, 0.5) is 5.69 Å². The fourth-order valence-electron chi connectivity index (χ4n) is 2.13. The molecule has 2 aromatic carbocycles. The van der Waals surface area contributed by atoms with Crippen LogP contribution in [0.3, 0.4) is 0 Å². The molecule has 0 aliphatic carbocycles. The summed E-state index contributed by atoms with van der Waals surface area (Å²) in [6, 6.07) is 11.8. The molecule has 6 nitrogen and oxygen atoms in total. The zero-order valence-corrected chi connectivity index (χ0v) is 15.6. The maximum absolute atomic E-state index is 12.4. The summed E-state index contributed by atoms with van der Waals surface area (Å²) in [4.78, 5) is 14.2. The van der Waals surface area contributed by atoms with Crippen molar-refractivity contribution in [1.29, 1.82) is 5.39 Å². The predicted octanol–water partition coefficient (Wildman–Crippen LogP) is 2.65. The van der Waals surface area contributed by atoms with Gasteiger partial charge in [0.2, 0.25) is 5.39 Å². The fourth-order valence-corrected chi connectivity index (χ4v) is 3.13. The number of aryl methyl sites for hydroxylation is 1. The number of carbonyl (C=O) groups is 1. The number of carbonyl (C=O) groups excluding carboxylic acids is 1. The van der Waals surface area contributed by atoms with E-state index in [9.17, 15) is 4.79 Å². The number of benzene rings is 2. The first-order valence-electron chi connectivity index (χ1n) is 7.62. The quantitative estimate of drug-likeness (QED) is 0.607. The van der Waals surface area contributed by atoms with E-state index >= 15 is 0 Å². The second-order valence-corrected chi connectivity index (χ2v) is 6.05. The predicted molar refractivity (Wildman–Crippen MR) is 96.5 cm³/mol. The highest BCUT2D eigenvalue weighted by Gasteiger charge is 2.20. The van der Waals surface area contributed by atoms with Crippen LogP contribution in [0.5, 0.6) is 5.75 Å². The Bertz CT molecular complexity index is 730. The molecular weight excluding hydrogens is 338 g/mol. The molecule has 2 rings (SSSR count). The Hall–Kier alpha value is -2.72. The van der Waals surface area contributed by atoms with Gasteiger partial charge in [0.25, 0.3) is 0 Å². The molecule has 0 aromatic heterocycles. The zero-order chi connectivity index (χ0) is 18.8. The molecule has 0 aliphatic rings. The van der Waals surface area contributed by atoms with Crippen LogP contribution < -0.4 is 15.4 Å². The minimum absolute atomic E-state index is 0.336. The lowest BCUT2D eigenvalue weighted by atomic mass is 10.1.